The van der Waals surface area contributed by atoms with Crippen molar-refractivity contribution in [2.75, 3.05) is 0 Å². The summed E-state index contributed by atoms with van der Waals surface area (Å²) >= 11 is 0. The predicted octanol–water partition coefficient (Wildman–Crippen LogP) is 1.24. The average Bonchev–Trinajstić information content (AvgIpc) is 2.29. The van der Waals surface area contributed by atoms with Crippen molar-refractivity contribution in [3.8, 4) is 0 Å². The lowest BCUT2D eigenvalue weighted by molar-refractivity contribution is 0.0553. The molecule has 1 N–H and O–H groups in total. The molecular weight excluding hydrogens is 138 g/mol. The van der Waals surface area contributed by atoms with Crippen molar-refractivity contribution < 1.29 is 5.11 Å². The predicted molar refractivity (Wildman–Crippen MR) is 42.1 cm³/mol. The highest BCUT2D eigenvalue weighted by atomic mass is 16.3. The quantitative estimate of drug-likeness (QED) is 0.602. The van der Waals surface area contributed by atoms with Gasteiger partial charge in [0.05, 0.1) is 5.69 Å². The number of aryl methyl sites for hydroxylation is 1. The molecule has 0 amide bonds. The Labute approximate surface area is 65.9 Å². The van der Waals surface area contributed by atoms with E-state index in [0.717, 1.165) is 18.5 Å². The second kappa shape index (κ2) is 2.05. The molecule has 0 aliphatic heterocycles. The highest BCUT2D eigenvalue weighted by Crippen LogP contribution is 2.33. The van der Waals surface area contributed by atoms with E-state index in [0.29, 0.717) is 0 Å². The van der Waals surface area contributed by atoms with Gasteiger partial charge < -0.3 is 5.11 Å². The van der Waals surface area contributed by atoms with Crippen LogP contribution in [0.3, 0.4) is 0 Å². The van der Waals surface area contributed by atoms with E-state index in [2.05, 4.69) is 4.98 Å². The maximum absolute atomic E-state index is 9.78. The van der Waals surface area contributed by atoms with Crippen LogP contribution in [0.4, 0.5) is 0 Å². The van der Waals surface area contributed by atoms with Crippen molar-refractivity contribution in [2.45, 2.75) is 25.4 Å². The molecule has 2 rings (SSSR count). The molecule has 0 fully saturated rings. The van der Waals surface area contributed by atoms with E-state index in [4.69, 9.17) is 0 Å². The van der Waals surface area contributed by atoms with Gasteiger partial charge in [-0.25, -0.2) is 0 Å². The first kappa shape index (κ1) is 6.80. The van der Waals surface area contributed by atoms with Crippen molar-refractivity contribution in [1.82, 2.24) is 4.98 Å². The fourth-order valence-electron chi connectivity index (χ4n) is 1.62. The Morgan fingerprint density at radius 2 is 2.45 bits per heavy atom. The van der Waals surface area contributed by atoms with Gasteiger partial charge in [-0.2, -0.15) is 0 Å². The van der Waals surface area contributed by atoms with Gasteiger partial charge in [-0.3, -0.25) is 4.98 Å². The molecule has 11 heavy (non-hydrogen) atoms. The minimum Gasteiger partial charge on any atom is -0.384 e. The molecule has 1 aliphatic rings. The maximum atomic E-state index is 9.78. The van der Waals surface area contributed by atoms with E-state index >= 15 is 0 Å². The average molecular weight is 149 g/mol. The third kappa shape index (κ3) is 0.942. The van der Waals surface area contributed by atoms with Gasteiger partial charge in [-0.05, 0) is 31.4 Å². The van der Waals surface area contributed by atoms with Crippen LogP contribution in [-0.4, -0.2) is 10.1 Å². The fourth-order valence-corrected chi connectivity index (χ4v) is 1.62. The lowest BCUT2D eigenvalue weighted by Crippen LogP contribution is -2.17. The first-order valence-corrected chi connectivity index (χ1v) is 3.87. The van der Waals surface area contributed by atoms with Gasteiger partial charge in [-0.1, -0.05) is 6.07 Å². The Bertz CT molecular complexity index is 281. The number of aliphatic hydroxyl groups is 1. The number of nitrogens with zero attached hydrogens (tertiary/aromatic N) is 1. The zero-order chi connectivity index (χ0) is 7.90. The van der Waals surface area contributed by atoms with Crippen LogP contribution in [-0.2, 0) is 12.0 Å². The summed E-state index contributed by atoms with van der Waals surface area (Å²) < 4.78 is 0. The molecule has 0 spiro atoms. The molecule has 1 heterocycles. The third-order valence-electron chi connectivity index (χ3n) is 2.28. The molecule has 0 radical (unpaired) electrons. The molecule has 0 saturated carbocycles. The van der Waals surface area contributed by atoms with E-state index in [9.17, 15) is 5.11 Å². The Balaban J connectivity index is 2.56. The second-order valence-electron chi connectivity index (χ2n) is 3.28. The molecule has 1 aliphatic carbocycles. The molecule has 0 aromatic carbocycles. The summed E-state index contributed by atoms with van der Waals surface area (Å²) in [5.41, 5.74) is 1.37. The van der Waals surface area contributed by atoms with Crippen molar-refractivity contribution in [1.29, 1.82) is 0 Å². The molecule has 0 unspecified atom stereocenters. The summed E-state index contributed by atoms with van der Waals surface area (Å²) in [7, 11) is 0. The second-order valence-corrected chi connectivity index (χ2v) is 3.28. The number of pyridine rings is 1. The summed E-state index contributed by atoms with van der Waals surface area (Å²) in [5.74, 6) is 0. The summed E-state index contributed by atoms with van der Waals surface area (Å²) in [4.78, 5) is 4.16. The lowest BCUT2D eigenvalue weighted by atomic mass is 10.0. The number of fused-ring (bicyclic) bond motifs is 1. The molecule has 0 saturated heterocycles. The van der Waals surface area contributed by atoms with E-state index in [1.54, 1.807) is 6.20 Å². The van der Waals surface area contributed by atoms with E-state index in [1.165, 1.54) is 5.56 Å². The number of aromatic nitrogens is 1. The molecule has 1 atom stereocenters. The Morgan fingerprint density at radius 3 is 3.18 bits per heavy atom. The van der Waals surface area contributed by atoms with E-state index in [-0.39, 0.29) is 0 Å². The van der Waals surface area contributed by atoms with Crippen LogP contribution in [0, 0.1) is 0 Å². The van der Waals surface area contributed by atoms with Crippen LogP contribution >= 0.6 is 0 Å². The normalized spacial score (nSPS) is 28.5. The molecule has 2 nitrogen and oxygen atoms in total. The van der Waals surface area contributed by atoms with Crippen molar-refractivity contribution >= 4 is 0 Å². The minimum absolute atomic E-state index is 0.684. The first-order chi connectivity index (χ1) is 5.20. The zero-order valence-corrected chi connectivity index (χ0v) is 6.54. The van der Waals surface area contributed by atoms with Crippen molar-refractivity contribution in [3.05, 3.63) is 29.6 Å². The summed E-state index contributed by atoms with van der Waals surface area (Å²) in [5, 5.41) is 9.78. The number of rotatable bonds is 0. The van der Waals surface area contributed by atoms with Crippen LogP contribution in [0.15, 0.2) is 18.3 Å². The monoisotopic (exact) mass is 149 g/mol. The number of hydrogen-bond donors (Lipinski definition) is 1. The molecule has 1 aromatic heterocycles. The van der Waals surface area contributed by atoms with Gasteiger partial charge >= 0.3 is 0 Å². The summed E-state index contributed by atoms with van der Waals surface area (Å²) in [6, 6.07) is 3.95. The number of hydrogen-bond acceptors (Lipinski definition) is 2. The van der Waals surface area contributed by atoms with Crippen LogP contribution < -0.4 is 0 Å². The van der Waals surface area contributed by atoms with Gasteiger partial charge in [0.1, 0.15) is 5.60 Å². The highest BCUT2D eigenvalue weighted by Gasteiger charge is 2.32. The SMILES string of the molecule is C[C@]1(O)CCc2cccnc21. The molecule has 2 heteroatoms. The van der Waals surface area contributed by atoms with E-state index < -0.39 is 5.60 Å². The Morgan fingerprint density at radius 1 is 1.64 bits per heavy atom. The fraction of sp³-hybridized carbons (Fsp3) is 0.444. The Hall–Kier alpha value is -0.890. The standard InChI is InChI=1S/C9H11NO/c1-9(11)5-4-7-3-2-6-10-8(7)9/h2-3,6,11H,4-5H2,1H3/t9-/m0/s1. The van der Waals surface area contributed by atoms with Crippen molar-refractivity contribution in [3.63, 3.8) is 0 Å². The Kier molecular flexibility index (Phi) is 1.26. The molecule has 58 valence electrons. The molecule has 1 aromatic rings. The van der Waals surface area contributed by atoms with Gasteiger partial charge in [0.2, 0.25) is 0 Å². The largest absolute Gasteiger partial charge is 0.384 e. The maximum Gasteiger partial charge on any atom is 0.104 e. The molecular formula is C9H11NO. The van der Waals surface area contributed by atoms with Crippen LogP contribution in [0.1, 0.15) is 24.6 Å². The minimum atomic E-state index is -0.684. The van der Waals surface area contributed by atoms with Crippen LogP contribution in [0.25, 0.3) is 0 Å². The van der Waals surface area contributed by atoms with Gasteiger partial charge in [0.15, 0.2) is 0 Å². The smallest absolute Gasteiger partial charge is 0.104 e. The van der Waals surface area contributed by atoms with Gasteiger partial charge in [-0.15, -0.1) is 0 Å². The summed E-state index contributed by atoms with van der Waals surface area (Å²) in [6.45, 7) is 1.83. The van der Waals surface area contributed by atoms with E-state index in [1.807, 2.05) is 19.1 Å². The zero-order valence-electron chi connectivity index (χ0n) is 6.54. The molecule has 0 bridgehead atoms. The van der Waals surface area contributed by atoms with Crippen molar-refractivity contribution in [2.24, 2.45) is 0 Å². The lowest BCUT2D eigenvalue weighted by Gasteiger charge is -2.15. The van der Waals surface area contributed by atoms with Gasteiger partial charge in [0, 0.05) is 6.20 Å². The highest BCUT2D eigenvalue weighted by molar-refractivity contribution is 5.29. The topological polar surface area (TPSA) is 33.1 Å². The van der Waals surface area contributed by atoms with Crippen LogP contribution in [0.5, 0.6) is 0 Å². The van der Waals surface area contributed by atoms with Gasteiger partial charge in [0.25, 0.3) is 0 Å². The first-order valence-electron chi connectivity index (χ1n) is 3.87. The third-order valence-corrected chi connectivity index (χ3v) is 2.28. The van der Waals surface area contributed by atoms with Crippen LogP contribution in [0.2, 0.25) is 0 Å². The summed E-state index contributed by atoms with van der Waals surface area (Å²) in [6.07, 6.45) is 3.49.